The zero-order valence-corrected chi connectivity index (χ0v) is 15.5. The number of allylic oxidation sites excluding steroid dienone is 2. The number of ether oxygens (including phenoxy) is 1. The van der Waals surface area contributed by atoms with Gasteiger partial charge in [-0.2, -0.15) is 0 Å². The summed E-state index contributed by atoms with van der Waals surface area (Å²) in [6.07, 6.45) is 6.46. The second-order valence-electron chi connectivity index (χ2n) is 6.77. The number of hydrogen-bond donors (Lipinski definition) is 0. The Morgan fingerprint density at radius 1 is 1.15 bits per heavy atom. The van der Waals surface area contributed by atoms with Crippen LogP contribution < -0.4 is 4.74 Å². The van der Waals surface area contributed by atoms with Gasteiger partial charge in [-0.3, -0.25) is 14.6 Å². The lowest BCUT2D eigenvalue weighted by atomic mass is 9.74. The number of aryl methyl sites for hydroxylation is 1. The van der Waals surface area contributed by atoms with Crippen molar-refractivity contribution in [3.05, 3.63) is 40.6 Å². The minimum absolute atomic E-state index is 0.0522. The largest absolute Gasteiger partial charge is 0.496 e. The molecule has 2 aliphatic rings. The van der Waals surface area contributed by atoms with E-state index in [0.29, 0.717) is 24.2 Å². The third-order valence-corrected chi connectivity index (χ3v) is 4.97. The second kappa shape index (κ2) is 7.70. The van der Waals surface area contributed by atoms with E-state index in [4.69, 9.17) is 4.74 Å². The van der Waals surface area contributed by atoms with Gasteiger partial charge in [-0.1, -0.05) is 12.0 Å². The SMILES string of the molecule is CC#Cc1cc(C)c(C2C(=O)CC(C3=CCCC=N3)CC2=O)c(OC)c1. The van der Waals surface area contributed by atoms with E-state index in [1.807, 2.05) is 19.2 Å². The Morgan fingerprint density at radius 2 is 1.88 bits per heavy atom. The Hall–Kier alpha value is -2.67. The van der Waals surface area contributed by atoms with Crippen molar-refractivity contribution in [2.45, 2.75) is 45.4 Å². The smallest absolute Gasteiger partial charge is 0.148 e. The molecule has 0 aromatic heterocycles. The van der Waals surface area contributed by atoms with Gasteiger partial charge in [0.15, 0.2) is 0 Å². The fourth-order valence-electron chi connectivity index (χ4n) is 3.83. The highest BCUT2D eigenvalue weighted by molar-refractivity contribution is 6.10. The quantitative estimate of drug-likeness (QED) is 0.617. The fourth-order valence-corrected chi connectivity index (χ4v) is 3.83. The first-order chi connectivity index (χ1) is 12.5. The number of ketones is 2. The predicted octanol–water partition coefficient (Wildman–Crippen LogP) is 3.76. The summed E-state index contributed by atoms with van der Waals surface area (Å²) in [5, 5.41) is 0. The van der Waals surface area contributed by atoms with Crippen LogP contribution in [0.3, 0.4) is 0 Å². The highest BCUT2D eigenvalue weighted by Gasteiger charge is 2.40. The van der Waals surface area contributed by atoms with E-state index < -0.39 is 5.92 Å². The molecule has 1 fully saturated rings. The van der Waals surface area contributed by atoms with Crippen molar-refractivity contribution in [3.63, 3.8) is 0 Å². The monoisotopic (exact) mass is 349 g/mol. The third kappa shape index (κ3) is 3.48. The van der Waals surface area contributed by atoms with Crippen molar-refractivity contribution in [2.24, 2.45) is 10.9 Å². The zero-order valence-electron chi connectivity index (χ0n) is 15.5. The predicted molar refractivity (Wildman–Crippen MR) is 102 cm³/mol. The van der Waals surface area contributed by atoms with Crippen molar-refractivity contribution in [3.8, 4) is 17.6 Å². The van der Waals surface area contributed by atoms with Gasteiger partial charge in [0.1, 0.15) is 23.2 Å². The van der Waals surface area contributed by atoms with Gasteiger partial charge in [-0.15, -0.1) is 5.92 Å². The number of nitrogens with zero attached hydrogens (tertiary/aromatic N) is 1. The summed E-state index contributed by atoms with van der Waals surface area (Å²) in [6.45, 7) is 3.67. The van der Waals surface area contributed by atoms with Gasteiger partial charge in [0.05, 0.1) is 7.11 Å². The molecule has 0 atom stereocenters. The minimum atomic E-state index is -0.752. The summed E-state index contributed by atoms with van der Waals surface area (Å²) in [5.74, 6) is 5.47. The fraction of sp³-hybridized carbons (Fsp3) is 0.409. The number of carbonyl (C=O) groups is 2. The molecule has 4 nitrogen and oxygen atoms in total. The standard InChI is InChI=1S/C22H23NO3/c1-4-7-15-10-14(2)21(20(11-15)26-3)22-18(24)12-16(13-19(22)25)17-8-5-6-9-23-17/h8-11,16,22H,5-6,12-13H2,1-3H3. The summed E-state index contributed by atoms with van der Waals surface area (Å²) >= 11 is 0. The first kappa shape index (κ1) is 18.1. The molecule has 0 amide bonds. The normalized spacial score (nSPS) is 22.5. The molecule has 0 bridgehead atoms. The maximum Gasteiger partial charge on any atom is 0.148 e. The molecule has 1 aliphatic heterocycles. The van der Waals surface area contributed by atoms with Crippen LogP contribution in [0.4, 0.5) is 0 Å². The topological polar surface area (TPSA) is 55.7 Å². The molecule has 0 unspecified atom stereocenters. The van der Waals surface area contributed by atoms with Crippen LogP contribution >= 0.6 is 0 Å². The second-order valence-corrected chi connectivity index (χ2v) is 6.77. The van der Waals surface area contributed by atoms with E-state index in [-0.39, 0.29) is 17.5 Å². The maximum absolute atomic E-state index is 12.9. The summed E-state index contributed by atoms with van der Waals surface area (Å²) < 4.78 is 5.50. The molecule has 1 aromatic rings. The van der Waals surface area contributed by atoms with Gasteiger partial charge < -0.3 is 4.74 Å². The van der Waals surface area contributed by atoms with Gasteiger partial charge in [0.2, 0.25) is 0 Å². The molecular formula is C22H23NO3. The maximum atomic E-state index is 12.9. The van der Waals surface area contributed by atoms with Crippen molar-refractivity contribution < 1.29 is 14.3 Å². The number of carbonyl (C=O) groups excluding carboxylic acids is 2. The molecule has 0 spiro atoms. The molecule has 0 saturated heterocycles. The molecule has 134 valence electrons. The van der Waals surface area contributed by atoms with Gasteiger partial charge >= 0.3 is 0 Å². The zero-order chi connectivity index (χ0) is 18.7. The molecule has 1 heterocycles. The first-order valence-electron chi connectivity index (χ1n) is 8.94. The lowest BCUT2D eigenvalue weighted by Crippen LogP contribution is -2.33. The van der Waals surface area contributed by atoms with Crippen LogP contribution in [-0.4, -0.2) is 24.9 Å². The lowest BCUT2D eigenvalue weighted by Gasteiger charge is -2.29. The van der Waals surface area contributed by atoms with Crippen molar-refractivity contribution >= 4 is 17.8 Å². The van der Waals surface area contributed by atoms with E-state index in [1.165, 1.54) is 0 Å². The van der Waals surface area contributed by atoms with E-state index in [0.717, 1.165) is 29.7 Å². The van der Waals surface area contributed by atoms with Gasteiger partial charge in [0, 0.05) is 41.8 Å². The third-order valence-electron chi connectivity index (χ3n) is 4.97. The van der Waals surface area contributed by atoms with Crippen LogP contribution in [0.2, 0.25) is 0 Å². The molecule has 0 radical (unpaired) electrons. The molecule has 1 aliphatic carbocycles. The van der Waals surface area contributed by atoms with Crippen LogP contribution in [0, 0.1) is 24.7 Å². The van der Waals surface area contributed by atoms with Crippen LogP contribution in [0.5, 0.6) is 5.75 Å². The molecule has 1 saturated carbocycles. The Labute approximate surface area is 154 Å². The number of rotatable bonds is 3. The van der Waals surface area contributed by atoms with Gasteiger partial charge in [-0.05, 0) is 44.4 Å². The molecule has 26 heavy (non-hydrogen) atoms. The van der Waals surface area contributed by atoms with E-state index in [9.17, 15) is 9.59 Å². The summed E-state index contributed by atoms with van der Waals surface area (Å²) in [7, 11) is 1.56. The highest BCUT2D eigenvalue weighted by atomic mass is 16.5. The van der Waals surface area contributed by atoms with E-state index >= 15 is 0 Å². The summed E-state index contributed by atoms with van der Waals surface area (Å²) in [5.41, 5.74) is 3.25. The Kier molecular flexibility index (Phi) is 5.37. The lowest BCUT2D eigenvalue weighted by molar-refractivity contribution is -0.133. The number of methoxy groups -OCH3 is 1. The number of benzene rings is 1. The minimum Gasteiger partial charge on any atom is -0.496 e. The molecule has 4 heteroatoms. The summed E-state index contributed by atoms with van der Waals surface area (Å²) in [6, 6.07) is 3.72. The first-order valence-corrected chi connectivity index (χ1v) is 8.94. The van der Waals surface area contributed by atoms with Crippen LogP contribution in [-0.2, 0) is 9.59 Å². The van der Waals surface area contributed by atoms with Gasteiger partial charge in [0.25, 0.3) is 0 Å². The van der Waals surface area contributed by atoms with Gasteiger partial charge in [-0.25, -0.2) is 0 Å². The van der Waals surface area contributed by atoms with E-state index in [2.05, 4.69) is 22.9 Å². The van der Waals surface area contributed by atoms with Crippen LogP contribution in [0.25, 0.3) is 0 Å². The molecule has 3 rings (SSSR count). The summed E-state index contributed by atoms with van der Waals surface area (Å²) in [4.78, 5) is 30.2. The van der Waals surface area contributed by atoms with Crippen molar-refractivity contribution in [1.29, 1.82) is 0 Å². The van der Waals surface area contributed by atoms with Crippen molar-refractivity contribution in [2.75, 3.05) is 7.11 Å². The molecule has 1 aromatic carbocycles. The highest BCUT2D eigenvalue weighted by Crippen LogP contribution is 2.40. The average molecular weight is 349 g/mol. The number of aliphatic imine (C=N–C) groups is 1. The Balaban J connectivity index is 1.94. The average Bonchev–Trinajstić information content (AvgIpc) is 2.63. The Bertz CT molecular complexity index is 849. The molecule has 0 N–H and O–H groups in total. The Morgan fingerprint density at radius 3 is 2.46 bits per heavy atom. The molecular weight excluding hydrogens is 326 g/mol. The van der Waals surface area contributed by atoms with Crippen LogP contribution in [0.1, 0.15) is 55.2 Å². The van der Waals surface area contributed by atoms with Crippen molar-refractivity contribution in [1.82, 2.24) is 0 Å². The van der Waals surface area contributed by atoms with E-state index in [1.54, 1.807) is 20.1 Å². The van der Waals surface area contributed by atoms with Crippen LogP contribution in [0.15, 0.2) is 28.9 Å². The number of hydrogen-bond acceptors (Lipinski definition) is 4. The number of Topliss-reactive ketones (excluding diaryl/α,β-unsaturated/α-hetero) is 2.